The minimum atomic E-state index is -3.84. The summed E-state index contributed by atoms with van der Waals surface area (Å²) in [5.41, 5.74) is 3.68. The molecule has 3 aliphatic heterocycles. The lowest BCUT2D eigenvalue weighted by molar-refractivity contribution is 0.403. The maximum Gasteiger partial charge on any atom is 0.422 e. The van der Waals surface area contributed by atoms with Crippen LogP contribution in [0.1, 0.15) is 53.2 Å². The van der Waals surface area contributed by atoms with Crippen molar-refractivity contribution in [2.24, 2.45) is 14.3 Å². The lowest BCUT2D eigenvalue weighted by atomic mass is 10.1. The van der Waals surface area contributed by atoms with Crippen molar-refractivity contribution in [1.29, 1.82) is 0 Å². The number of rotatable bonds is 6. The predicted molar refractivity (Wildman–Crippen MR) is 192 cm³/mol. The number of benzene rings is 3. The third-order valence-electron chi connectivity index (χ3n) is 8.78. The van der Waals surface area contributed by atoms with Crippen LogP contribution in [0.3, 0.4) is 0 Å². The van der Waals surface area contributed by atoms with Crippen molar-refractivity contribution < 1.29 is 4.57 Å². The van der Waals surface area contributed by atoms with E-state index in [1.807, 2.05) is 39.3 Å². The molecule has 0 bridgehead atoms. The highest BCUT2D eigenvalue weighted by molar-refractivity contribution is 8.15. The minimum absolute atomic E-state index is 0.172. The molecule has 7 nitrogen and oxygen atoms in total. The average Bonchev–Trinajstić information content (AvgIpc) is 3.59. The van der Waals surface area contributed by atoms with Crippen molar-refractivity contribution in [2.75, 3.05) is 21.1 Å². The maximum absolute atomic E-state index is 15.1. The largest absolute Gasteiger partial charge is 0.422 e. The van der Waals surface area contributed by atoms with Crippen LogP contribution in [0.2, 0.25) is 0 Å². The van der Waals surface area contributed by atoms with Crippen molar-refractivity contribution in [1.82, 2.24) is 14.7 Å². The molecule has 0 N–H and O–H groups in total. The summed E-state index contributed by atoms with van der Waals surface area (Å²) in [6.07, 6.45) is 0. The quantitative estimate of drug-likeness (QED) is 0.245. The number of likely N-dealkylation sites (N-methyl/N-ethyl adjacent to an activating group) is 3. The number of hydrogen-bond acceptors (Lipinski definition) is 4. The Labute approximate surface area is 274 Å². The lowest BCUT2D eigenvalue weighted by Crippen LogP contribution is -2.29. The van der Waals surface area contributed by atoms with E-state index in [0.717, 1.165) is 0 Å². The Morgan fingerprint density at radius 3 is 1.00 bits per heavy atom. The highest BCUT2D eigenvalue weighted by atomic mass is 32.2. The molecular formula is C33H39N6OPS3. The number of hydrogen-bond donors (Lipinski definition) is 0. The monoisotopic (exact) mass is 662 g/mol. The van der Waals surface area contributed by atoms with Gasteiger partial charge in [-0.1, -0.05) is 126 Å². The smallest absolute Gasteiger partial charge is 0.350 e. The third-order valence-corrected chi connectivity index (χ3v) is 15.1. The second-order valence-corrected chi connectivity index (χ2v) is 16.5. The van der Waals surface area contributed by atoms with Gasteiger partial charge in [0.25, 0.3) is 0 Å². The highest BCUT2D eigenvalue weighted by Crippen LogP contribution is 2.58. The zero-order valence-electron chi connectivity index (χ0n) is 25.9. The van der Waals surface area contributed by atoms with Gasteiger partial charge in [-0.15, -0.1) is 0 Å². The molecule has 0 spiro atoms. The van der Waals surface area contributed by atoms with Crippen LogP contribution in [0.25, 0.3) is 0 Å². The van der Waals surface area contributed by atoms with E-state index in [2.05, 4.69) is 108 Å². The Morgan fingerprint density at radius 1 is 0.500 bits per heavy atom. The van der Waals surface area contributed by atoms with E-state index in [0.29, 0.717) is 15.5 Å². The van der Waals surface area contributed by atoms with E-state index in [1.165, 1.54) is 16.7 Å². The van der Waals surface area contributed by atoms with Crippen LogP contribution in [-0.2, 0) is 4.57 Å². The molecule has 0 unspecified atom stereocenters. The predicted octanol–water partition coefficient (Wildman–Crippen LogP) is 8.59. The van der Waals surface area contributed by atoms with Crippen LogP contribution >= 0.6 is 42.9 Å². The Morgan fingerprint density at radius 2 is 0.750 bits per heavy atom. The molecule has 3 aromatic carbocycles. The summed E-state index contributed by atoms with van der Waals surface area (Å²) in [6.45, 7) is 6.57. The summed E-state index contributed by atoms with van der Waals surface area (Å²) in [6, 6.07) is 31.9. The molecule has 230 valence electrons. The van der Waals surface area contributed by atoms with Crippen LogP contribution in [0.4, 0.5) is 0 Å². The van der Waals surface area contributed by atoms with Gasteiger partial charge in [0.2, 0.25) is 0 Å². The van der Waals surface area contributed by atoms with Crippen molar-refractivity contribution in [3.63, 3.8) is 0 Å². The van der Waals surface area contributed by atoms with Gasteiger partial charge in [0.05, 0.1) is 15.7 Å². The molecule has 3 fully saturated rings. The molecule has 0 aromatic heterocycles. The standard InChI is InChI=1S/C33H39N6OPS3/c1-22-28(25-16-10-7-11-17-25)42-31(37(22)4)34-41(40,35-32-38(5)23(2)29(43-32)26-18-12-8-13-19-26)36-33-39(6)24(3)30(44-33)27-20-14-9-15-21-27/h7-24,28-30H,1-6H3/b34-31-,35-32+,36-33+/t22-,23-,24-,28+,29+,30+/m1/s1. The molecule has 0 aliphatic carbocycles. The van der Waals surface area contributed by atoms with Crippen molar-refractivity contribution >= 4 is 58.4 Å². The highest BCUT2D eigenvalue weighted by Gasteiger charge is 2.42. The van der Waals surface area contributed by atoms with E-state index in [-0.39, 0.29) is 33.9 Å². The second kappa shape index (κ2) is 13.0. The van der Waals surface area contributed by atoms with Crippen molar-refractivity contribution in [3.05, 3.63) is 108 Å². The van der Waals surface area contributed by atoms with Gasteiger partial charge in [-0.25, -0.2) is 4.57 Å². The molecule has 3 heterocycles. The molecule has 3 aromatic rings. The van der Waals surface area contributed by atoms with E-state index in [4.69, 9.17) is 14.3 Å². The lowest BCUT2D eigenvalue weighted by Gasteiger charge is -2.22. The molecule has 3 aliphatic rings. The van der Waals surface area contributed by atoms with Gasteiger partial charge in [-0.2, -0.15) is 14.3 Å². The molecule has 3 saturated heterocycles. The number of thioether (sulfide) groups is 3. The van der Waals surface area contributed by atoms with Crippen LogP contribution in [0.5, 0.6) is 0 Å². The molecule has 6 rings (SSSR count). The normalized spacial score (nSPS) is 30.3. The Kier molecular flexibility index (Phi) is 9.25. The molecule has 0 amide bonds. The first kappa shape index (κ1) is 31.3. The first-order valence-corrected chi connectivity index (χ1v) is 19.1. The van der Waals surface area contributed by atoms with Gasteiger partial charge < -0.3 is 14.7 Å². The fourth-order valence-electron chi connectivity index (χ4n) is 5.67. The fourth-order valence-corrected chi connectivity index (χ4v) is 12.1. The zero-order chi connectivity index (χ0) is 31.0. The second-order valence-electron chi connectivity index (χ2n) is 11.6. The van der Waals surface area contributed by atoms with E-state index in [1.54, 1.807) is 35.3 Å². The SMILES string of the molecule is C[C@@H]1[C@@H](c2ccccc2)S/C(=N\P(=O)(/N=C2/S[C@H](c3ccccc3)[C@@H](C)N2C)/N=C2/S[C@H](c3ccccc3)[C@@H](C)N2C)N1C. The minimum Gasteiger partial charge on any atom is -0.350 e. The van der Waals surface area contributed by atoms with Crippen LogP contribution in [0, 0.1) is 0 Å². The maximum atomic E-state index is 15.1. The topological polar surface area (TPSA) is 63.9 Å². The average molecular weight is 663 g/mol. The Bertz CT molecular complexity index is 1420. The molecule has 0 radical (unpaired) electrons. The van der Waals surface area contributed by atoms with Gasteiger partial charge in [-0.05, 0) is 37.5 Å². The van der Waals surface area contributed by atoms with Crippen LogP contribution in [0.15, 0.2) is 105 Å². The Hall–Kier alpha value is -2.65. The van der Waals surface area contributed by atoms with Crippen molar-refractivity contribution in [2.45, 2.75) is 54.6 Å². The molecule has 0 saturated carbocycles. The summed E-state index contributed by atoms with van der Waals surface area (Å²) in [4.78, 5) is 6.37. The van der Waals surface area contributed by atoms with Gasteiger partial charge in [0, 0.05) is 39.3 Å². The Balaban J connectivity index is 1.40. The first-order valence-electron chi connectivity index (χ1n) is 14.9. The van der Waals surface area contributed by atoms with Crippen molar-refractivity contribution in [3.8, 4) is 0 Å². The summed E-state index contributed by atoms with van der Waals surface area (Å²) in [5, 5.41) is 2.64. The van der Waals surface area contributed by atoms with Gasteiger partial charge >= 0.3 is 7.59 Å². The molecule has 44 heavy (non-hydrogen) atoms. The van der Waals surface area contributed by atoms with Crippen LogP contribution < -0.4 is 0 Å². The van der Waals surface area contributed by atoms with Gasteiger partial charge in [0.15, 0.2) is 15.5 Å². The van der Waals surface area contributed by atoms with E-state index >= 15 is 4.57 Å². The third kappa shape index (κ3) is 6.23. The summed E-state index contributed by atoms with van der Waals surface area (Å²) in [5.74, 6) is 0. The molecular weight excluding hydrogens is 624 g/mol. The summed E-state index contributed by atoms with van der Waals surface area (Å²) >= 11 is 4.93. The first-order chi connectivity index (χ1) is 21.1. The summed E-state index contributed by atoms with van der Waals surface area (Å²) in [7, 11) is 2.24. The van der Waals surface area contributed by atoms with Gasteiger partial charge in [-0.3, -0.25) is 0 Å². The summed E-state index contributed by atoms with van der Waals surface area (Å²) < 4.78 is 30.0. The number of nitrogens with zero attached hydrogens (tertiary/aromatic N) is 6. The van der Waals surface area contributed by atoms with E-state index in [9.17, 15) is 0 Å². The van der Waals surface area contributed by atoms with E-state index < -0.39 is 7.59 Å². The van der Waals surface area contributed by atoms with Gasteiger partial charge in [0.1, 0.15) is 0 Å². The molecule has 11 heteroatoms. The van der Waals surface area contributed by atoms with Crippen LogP contribution in [-0.4, -0.2) is 69.5 Å². The molecule has 6 atom stereocenters. The zero-order valence-corrected chi connectivity index (χ0v) is 29.2. The fraction of sp³-hybridized carbons (Fsp3) is 0.364. The number of amidine groups is 3.